The molecular weight excluding hydrogens is 254 g/mol. The van der Waals surface area contributed by atoms with Gasteiger partial charge in [0.2, 0.25) is 0 Å². The molecule has 1 heteroatoms. The fourth-order valence-corrected chi connectivity index (χ4v) is 1.09. The molecule has 0 amide bonds. The summed E-state index contributed by atoms with van der Waals surface area (Å²) in [6, 6.07) is 13.8. The SMILES string of the molecule is C=CC(=C)C.C=Cc1ccccc1.C=Cc1ccncc1. The number of pyridine rings is 1. The van der Waals surface area contributed by atoms with Gasteiger partial charge in [-0.25, -0.2) is 0 Å². The number of rotatable bonds is 3. The summed E-state index contributed by atoms with van der Waals surface area (Å²) in [6.07, 6.45) is 8.84. The number of hydrogen-bond acceptors (Lipinski definition) is 1. The van der Waals surface area contributed by atoms with E-state index in [0.29, 0.717) is 0 Å². The van der Waals surface area contributed by atoms with Gasteiger partial charge in [-0.1, -0.05) is 80.4 Å². The molecule has 1 aromatic carbocycles. The summed E-state index contributed by atoms with van der Waals surface area (Å²) in [5.41, 5.74) is 3.30. The van der Waals surface area contributed by atoms with Crippen LogP contribution in [0, 0.1) is 0 Å². The van der Waals surface area contributed by atoms with Crippen molar-refractivity contribution in [2.75, 3.05) is 0 Å². The van der Waals surface area contributed by atoms with Gasteiger partial charge in [-0.2, -0.15) is 0 Å². The number of nitrogens with zero attached hydrogens (tertiary/aromatic N) is 1. The molecule has 2 rings (SSSR count). The molecular formula is C20H23N. The normalized spacial score (nSPS) is 8.05. The summed E-state index contributed by atoms with van der Waals surface area (Å²) < 4.78 is 0. The molecule has 0 aliphatic rings. The molecule has 0 saturated carbocycles. The van der Waals surface area contributed by atoms with E-state index in [2.05, 4.69) is 31.3 Å². The molecule has 0 bridgehead atoms. The Labute approximate surface area is 128 Å². The van der Waals surface area contributed by atoms with E-state index in [4.69, 9.17) is 0 Å². The van der Waals surface area contributed by atoms with Gasteiger partial charge in [-0.05, 0) is 30.2 Å². The van der Waals surface area contributed by atoms with Crippen LogP contribution in [0.3, 0.4) is 0 Å². The zero-order valence-corrected chi connectivity index (χ0v) is 12.7. The van der Waals surface area contributed by atoms with Crippen molar-refractivity contribution in [2.24, 2.45) is 0 Å². The highest BCUT2D eigenvalue weighted by atomic mass is 14.6. The van der Waals surface area contributed by atoms with Crippen molar-refractivity contribution in [3.8, 4) is 0 Å². The van der Waals surface area contributed by atoms with Crippen molar-refractivity contribution >= 4 is 12.2 Å². The van der Waals surface area contributed by atoms with Crippen LogP contribution in [0.15, 0.2) is 92.8 Å². The predicted molar refractivity (Wildman–Crippen MR) is 95.9 cm³/mol. The molecule has 1 heterocycles. The van der Waals surface area contributed by atoms with E-state index in [1.165, 1.54) is 5.56 Å². The molecule has 2 aromatic rings. The molecule has 0 unspecified atom stereocenters. The van der Waals surface area contributed by atoms with Crippen molar-refractivity contribution in [3.63, 3.8) is 0 Å². The molecule has 1 nitrogen and oxygen atoms in total. The van der Waals surface area contributed by atoms with Crippen LogP contribution in [0.4, 0.5) is 0 Å². The maximum absolute atomic E-state index is 3.85. The summed E-state index contributed by atoms with van der Waals surface area (Å²) in [7, 11) is 0. The third kappa shape index (κ3) is 10.9. The van der Waals surface area contributed by atoms with Crippen LogP contribution in [-0.2, 0) is 0 Å². The van der Waals surface area contributed by atoms with Crippen molar-refractivity contribution in [3.05, 3.63) is 104 Å². The fourth-order valence-electron chi connectivity index (χ4n) is 1.09. The van der Waals surface area contributed by atoms with E-state index in [0.717, 1.165) is 11.1 Å². The van der Waals surface area contributed by atoms with Gasteiger partial charge in [0, 0.05) is 12.4 Å². The average Bonchev–Trinajstić information content (AvgIpc) is 2.57. The lowest BCUT2D eigenvalue weighted by Gasteiger charge is -1.85. The summed E-state index contributed by atoms with van der Waals surface area (Å²) in [5.74, 6) is 0. The largest absolute Gasteiger partial charge is 0.265 e. The van der Waals surface area contributed by atoms with Gasteiger partial charge in [-0.15, -0.1) is 0 Å². The fraction of sp³-hybridized carbons (Fsp3) is 0.0500. The maximum atomic E-state index is 3.85. The summed E-state index contributed by atoms with van der Waals surface area (Å²) in [5, 5.41) is 0. The monoisotopic (exact) mass is 277 g/mol. The molecule has 108 valence electrons. The molecule has 0 aliphatic heterocycles. The average molecular weight is 277 g/mol. The van der Waals surface area contributed by atoms with Crippen LogP contribution in [0.1, 0.15) is 18.1 Å². The second-order valence-electron chi connectivity index (χ2n) is 4.15. The molecule has 0 N–H and O–H groups in total. The minimum atomic E-state index is 1.02. The number of hydrogen-bond donors (Lipinski definition) is 0. The standard InChI is InChI=1S/C8H8.C7H7N.C5H8/c1-2-8-6-4-3-5-7-8;1-2-7-3-5-8-6-4-7;1-4-5(2)3/h2-7H,1H2;2-6H,1H2;4H,1-2H2,3H3. The first-order valence-corrected chi connectivity index (χ1v) is 6.62. The smallest absolute Gasteiger partial charge is 0.0273 e. The van der Waals surface area contributed by atoms with Gasteiger partial charge in [0.05, 0.1) is 0 Å². The van der Waals surface area contributed by atoms with Crippen LogP contribution in [0.25, 0.3) is 12.2 Å². The van der Waals surface area contributed by atoms with Crippen molar-refractivity contribution in [1.82, 2.24) is 4.98 Å². The lowest BCUT2D eigenvalue weighted by Crippen LogP contribution is -1.69. The summed E-state index contributed by atoms with van der Waals surface area (Å²) in [4.78, 5) is 3.85. The Hall–Kier alpha value is -2.67. The quantitative estimate of drug-likeness (QED) is 0.646. The van der Waals surface area contributed by atoms with Crippen LogP contribution in [0.2, 0.25) is 0 Å². The van der Waals surface area contributed by atoms with E-state index in [1.807, 2.05) is 55.5 Å². The first-order valence-electron chi connectivity index (χ1n) is 6.62. The van der Waals surface area contributed by atoms with Crippen molar-refractivity contribution < 1.29 is 0 Å². The van der Waals surface area contributed by atoms with E-state index < -0.39 is 0 Å². The van der Waals surface area contributed by atoms with Crippen molar-refractivity contribution in [1.29, 1.82) is 0 Å². The van der Waals surface area contributed by atoms with Gasteiger partial charge in [0.1, 0.15) is 0 Å². The zero-order valence-electron chi connectivity index (χ0n) is 12.7. The van der Waals surface area contributed by atoms with E-state index in [9.17, 15) is 0 Å². The lowest BCUT2D eigenvalue weighted by atomic mass is 10.2. The zero-order chi connectivity index (χ0) is 15.9. The highest BCUT2D eigenvalue weighted by Crippen LogP contribution is 1.97. The molecule has 0 aliphatic carbocycles. The Morgan fingerprint density at radius 3 is 1.57 bits per heavy atom. The molecule has 0 atom stereocenters. The Balaban J connectivity index is 0.000000296. The maximum Gasteiger partial charge on any atom is 0.0273 e. The number of aromatic nitrogens is 1. The molecule has 0 saturated heterocycles. The Kier molecular flexibility index (Phi) is 10.8. The predicted octanol–water partition coefficient (Wildman–Crippen LogP) is 5.80. The molecule has 0 spiro atoms. The Morgan fingerprint density at radius 1 is 0.857 bits per heavy atom. The van der Waals surface area contributed by atoms with Gasteiger partial charge >= 0.3 is 0 Å². The highest BCUT2D eigenvalue weighted by Gasteiger charge is 1.77. The van der Waals surface area contributed by atoms with Crippen LogP contribution >= 0.6 is 0 Å². The Morgan fingerprint density at radius 2 is 1.29 bits per heavy atom. The highest BCUT2D eigenvalue weighted by molar-refractivity contribution is 5.45. The minimum Gasteiger partial charge on any atom is -0.265 e. The van der Waals surface area contributed by atoms with Gasteiger partial charge in [-0.3, -0.25) is 4.98 Å². The number of allylic oxidation sites excluding steroid dienone is 2. The second-order valence-corrected chi connectivity index (χ2v) is 4.15. The first-order chi connectivity index (χ1) is 10.1. The number of benzene rings is 1. The molecule has 0 fully saturated rings. The molecule has 1 aromatic heterocycles. The summed E-state index contributed by atoms with van der Waals surface area (Å²) in [6.45, 7) is 16.2. The second kappa shape index (κ2) is 12.4. The third-order valence-corrected chi connectivity index (χ3v) is 2.33. The van der Waals surface area contributed by atoms with E-state index >= 15 is 0 Å². The van der Waals surface area contributed by atoms with Crippen LogP contribution < -0.4 is 0 Å². The van der Waals surface area contributed by atoms with Crippen molar-refractivity contribution in [2.45, 2.75) is 6.92 Å². The van der Waals surface area contributed by atoms with Gasteiger partial charge < -0.3 is 0 Å². The Bertz CT molecular complexity index is 495. The van der Waals surface area contributed by atoms with Gasteiger partial charge in [0.15, 0.2) is 0 Å². The first kappa shape index (κ1) is 18.3. The topological polar surface area (TPSA) is 12.9 Å². The third-order valence-electron chi connectivity index (χ3n) is 2.33. The summed E-state index contributed by atoms with van der Waals surface area (Å²) >= 11 is 0. The molecule has 0 radical (unpaired) electrons. The van der Waals surface area contributed by atoms with E-state index in [1.54, 1.807) is 24.5 Å². The van der Waals surface area contributed by atoms with E-state index in [-0.39, 0.29) is 0 Å². The molecule has 21 heavy (non-hydrogen) atoms. The van der Waals surface area contributed by atoms with Gasteiger partial charge in [0.25, 0.3) is 0 Å². The van der Waals surface area contributed by atoms with Crippen LogP contribution in [-0.4, -0.2) is 4.98 Å². The minimum absolute atomic E-state index is 1.02. The lowest BCUT2D eigenvalue weighted by molar-refractivity contribution is 1.32. The van der Waals surface area contributed by atoms with Crippen LogP contribution in [0.5, 0.6) is 0 Å².